The van der Waals surface area contributed by atoms with Gasteiger partial charge < -0.3 is 20.1 Å². The van der Waals surface area contributed by atoms with Crippen LogP contribution in [0.15, 0.2) is 0 Å². The summed E-state index contributed by atoms with van der Waals surface area (Å²) in [5.74, 6) is -0.998. The van der Waals surface area contributed by atoms with Crippen molar-refractivity contribution in [1.29, 1.82) is 0 Å². The van der Waals surface area contributed by atoms with Gasteiger partial charge in [-0.25, -0.2) is 0 Å². The Balaban J connectivity index is 2.35. The van der Waals surface area contributed by atoms with Crippen LogP contribution < -0.4 is 5.73 Å². The second-order valence-corrected chi connectivity index (χ2v) is 5.10. The molecule has 1 fully saturated rings. The maximum atomic E-state index is 11.9. The third kappa shape index (κ3) is 7.57. The van der Waals surface area contributed by atoms with E-state index in [1.807, 2.05) is 0 Å². The number of nitrogens with two attached hydrogens (primary N) is 1. The molecule has 1 atom stereocenters. The zero-order valence-electron chi connectivity index (χ0n) is 12.3. The number of alkyl halides is 3. The Labute approximate surface area is 126 Å². The van der Waals surface area contributed by atoms with Gasteiger partial charge in [-0.1, -0.05) is 0 Å². The average Bonchev–Trinajstić information content (AvgIpc) is 2.36. The first-order valence-corrected chi connectivity index (χ1v) is 6.68. The van der Waals surface area contributed by atoms with Gasteiger partial charge in [0.05, 0.1) is 19.3 Å². The summed E-state index contributed by atoms with van der Waals surface area (Å²) in [5.41, 5.74) is 5.07. The van der Waals surface area contributed by atoms with Crippen LogP contribution in [0, 0.1) is 0 Å². The number of ether oxygens (including phenoxy) is 2. The third-order valence-electron chi connectivity index (χ3n) is 2.92. The molecule has 0 unspecified atom stereocenters. The lowest BCUT2D eigenvalue weighted by atomic mass is 10.2. The molecule has 22 heavy (non-hydrogen) atoms. The van der Waals surface area contributed by atoms with Crippen molar-refractivity contribution >= 4 is 11.8 Å². The molecule has 0 aliphatic carbocycles. The van der Waals surface area contributed by atoms with Crippen LogP contribution >= 0.6 is 0 Å². The number of nitrogens with zero attached hydrogens (tertiary/aromatic N) is 2. The Morgan fingerprint density at radius 2 is 2.14 bits per heavy atom. The SMILES string of the molecule is CN(CC(N)=O)C[C@H]1CN(C(=O)COCC(F)(F)F)CCO1. The van der Waals surface area contributed by atoms with Gasteiger partial charge in [0.15, 0.2) is 0 Å². The van der Waals surface area contributed by atoms with E-state index in [-0.39, 0.29) is 25.8 Å². The monoisotopic (exact) mass is 327 g/mol. The van der Waals surface area contributed by atoms with Crippen LogP contribution in [0.3, 0.4) is 0 Å². The Morgan fingerprint density at radius 1 is 1.45 bits per heavy atom. The summed E-state index contributed by atoms with van der Waals surface area (Å²) in [6.07, 6.45) is -4.78. The smallest absolute Gasteiger partial charge is 0.373 e. The van der Waals surface area contributed by atoms with Crippen LogP contribution in [-0.2, 0) is 19.1 Å². The van der Waals surface area contributed by atoms with E-state index in [0.29, 0.717) is 13.1 Å². The van der Waals surface area contributed by atoms with Crippen molar-refractivity contribution in [2.45, 2.75) is 12.3 Å². The number of morpholine rings is 1. The summed E-state index contributed by atoms with van der Waals surface area (Å²) in [5, 5.41) is 0. The highest BCUT2D eigenvalue weighted by Crippen LogP contribution is 2.14. The number of halogens is 3. The highest BCUT2D eigenvalue weighted by molar-refractivity contribution is 5.77. The fraction of sp³-hybridized carbons (Fsp3) is 0.833. The lowest BCUT2D eigenvalue weighted by molar-refractivity contribution is -0.179. The predicted molar refractivity (Wildman–Crippen MR) is 69.9 cm³/mol. The van der Waals surface area contributed by atoms with E-state index in [0.717, 1.165) is 0 Å². The number of hydrogen-bond acceptors (Lipinski definition) is 5. The van der Waals surface area contributed by atoms with Crippen LogP contribution in [0.2, 0.25) is 0 Å². The Kier molecular flexibility index (Phi) is 7.04. The molecule has 2 amide bonds. The predicted octanol–water partition coefficient (Wildman–Crippen LogP) is -0.790. The normalized spacial score (nSPS) is 19.5. The largest absolute Gasteiger partial charge is 0.411 e. The molecule has 0 bridgehead atoms. The van der Waals surface area contributed by atoms with Crippen molar-refractivity contribution in [2.24, 2.45) is 5.73 Å². The first kappa shape index (κ1) is 18.7. The summed E-state index contributed by atoms with van der Waals surface area (Å²) in [6.45, 7) is -0.822. The van der Waals surface area contributed by atoms with Crippen molar-refractivity contribution in [3.05, 3.63) is 0 Å². The van der Waals surface area contributed by atoms with Gasteiger partial charge in [-0.15, -0.1) is 0 Å². The van der Waals surface area contributed by atoms with E-state index >= 15 is 0 Å². The molecule has 1 aliphatic heterocycles. The van der Waals surface area contributed by atoms with Crippen LogP contribution in [-0.4, -0.2) is 86.9 Å². The average molecular weight is 327 g/mol. The zero-order chi connectivity index (χ0) is 16.8. The second-order valence-electron chi connectivity index (χ2n) is 5.10. The molecule has 0 radical (unpaired) electrons. The molecule has 0 saturated carbocycles. The van der Waals surface area contributed by atoms with Crippen molar-refractivity contribution in [3.63, 3.8) is 0 Å². The van der Waals surface area contributed by atoms with E-state index < -0.39 is 31.2 Å². The van der Waals surface area contributed by atoms with Gasteiger partial charge in [0.25, 0.3) is 0 Å². The summed E-state index contributed by atoms with van der Waals surface area (Å²) in [7, 11) is 1.68. The van der Waals surface area contributed by atoms with Crippen LogP contribution in [0.25, 0.3) is 0 Å². The molecule has 0 aromatic heterocycles. The minimum absolute atomic E-state index is 0.0580. The lowest BCUT2D eigenvalue weighted by Crippen LogP contribution is -2.50. The Hall–Kier alpha value is -1.39. The Morgan fingerprint density at radius 3 is 2.73 bits per heavy atom. The molecule has 128 valence electrons. The number of carbonyl (C=O) groups is 2. The summed E-state index contributed by atoms with van der Waals surface area (Å²) < 4.78 is 45.6. The van der Waals surface area contributed by atoms with Gasteiger partial charge in [-0.3, -0.25) is 14.5 Å². The molecular formula is C12H20F3N3O4. The molecule has 1 rings (SSSR count). The maximum absolute atomic E-state index is 11.9. The van der Waals surface area contributed by atoms with Gasteiger partial charge >= 0.3 is 6.18 Å². The van der Waals surface area contributed by atoms with Crippen LogP contribution in [0.4, 0.5) is 13.2 Å². The molecule has 0 aromatic carbocycles. The number of hydrogen-bond donors (Lipinski definition) is 1. The van der Waals surface area contributed by atoms with Crippen LogP contribution in [0.1, 0.15) is 0 Å². The minimum atomic E-state index is -4.45. The molecule has 2 N–H and O–H groups in total. The molecule has 1 saturated heterocycles. The van der Waals surface area contributed by atoms with Gasteiger partial charge in [0.2, 0.25) is 11.8 Å². The summed E-state index contributed by atoms with van der Waals surface area (Å²) in [6, 6.07) is 0. The minimum Gasteiger partial charge on any atom is -0.373 e. The van der Waals surface area contributed by atoms with Gasteiger partial charge in [-0.2, -0.15) is 13.2 Å². The van der Waals surface area contributed by atoms with E-state index in [9.17, 15) is 22.8 Å². The number of primary amides is 1. The van der Waals surface area contributed by atoms with Gasteiger partial charge in [0, 0.05) is 19.6 Å². The van der Waals surface area contributed by atoms with Crippen molar-refractivity contribution in [1.82, 2.24) is 9.80 Å². The number of rotatable bonds is 7. The maximum Gasteiger partial charge on any atom is 0.411 e. The zero-order valence-corrected chi connectivity index (χ0v) is 12.3. The second kappa shape index (κ2) is 8.30. The highest BCUT2D eigenvalue weighted by atomic mass is 19.4. The number of carbonyl (C=O) groups excluding carboxylic acids is 2. The Bertz CT molecular complexity index is 392. The fourth-order valence-corrected chi connectivity index (χ4v) is 2.08. The molecule has 7 nitrogen and oxygen atoms in total. The van der Waals surface area contributed by atoms with E-state index in [1.54, 1.807) is 11.9 Å². The molecule has 10 heteroatoms. The summed E-state index contributed by atoms with van der Waals surface area (Å²) >= 11 is 0. The fourth-order valence-electron chi connectivity index (χ4n) is 2.08. The van der Waals surface area contributed by atoms with Gasteiger partial charge in [-0.05, 0) is 7.05 Å². The molecular weight excluding hydrogens is 307 g/mol. The third-order valence-corrected chi connectivity index (χ3v) is 2.92. The first-order valence-electron chi connectivity index (χ1n) is 6.68. The van der Waals surface area contributed by atoms with Gasteiger partial charge in [0.1, 0.15) is 13.2 Å². The standard InChI is InChI=1S/C12H20F3N3O4/c1-17(6-10(16)19)4-9-5-18(2-3-22-9)11(20)7-21-8-12(13,14)15/h9H,2-8H2,1H3,(H2,16,19)/t9-/m0/s1. The number of amides is 2. The van der Waals surface area contributed by atoms with Crippen molar-refractivity contribution < 1.29 is 32.2 Å². The van der Waals surface area contributed by atoms with E-state index in [4.69, 9.17) is 10.5 Å². The molecule has 1 heterocycles. The van der Waals surface area contributed by atoms with E-state index in [2.05, 4.69) is 4.74 Å². The van der Waals surface area contributed by atoms with Crippen molar-refractivity contribution in [3.8, 4) is 0 Å². The molecule has 0 aromatic rings. The molecule has 0 spiro atoms. The number of likely N-dealkylation sites (N-methyl/N-ethyl adjacent to an activating group) is 1. The van der Waals surface area contributed by atoms with E-state index in [1.165, 1.54) is 4.90 Å². The van der Waals surface area contributed by atoms with Crippen molar-refractivity contribution in [2.75, 3.05) is 53.0 Å². The molecule has 1 aliphatic rings. The summed E-state index contributed by atoms with van der Waals surface area (Å²) in [4.78, 5) is 25.6. The van der Waals surface area contributed by atoms with Crippen LogP contribution in [0.5, 0.6) is 0 Å². The topological polar surface area (TPSA) is 85.1 Å². The quantitative estimate of drug-likeness (QED) is 0.662. The lowest BCUT2D eigenvalue weighted by Gasteiger charge is -2.34. The first-order chi connectivity index (χ1) is 10.2. The highest BCUT2D eigenvalue weighted by Gasteiger charge is 2.29.